The average molecular weight is 337 g/mol. The van der Waals surface area contributed by atoms with Crippen LogP contribution in [0.25, 0.3) is 0 Å². The van der Waals surface area contributed by atoms with Gasteiger partial charge in [0.05, 0.1) is 5.56 Å². The summed E-state index contributed by atoms with van der Waals surface area (Å²) in [5.41, 5.74) is 5.42. The number of nitrogens with one attached hydrogen (secondary N) is 1. The minimum Gasteiger partial charge on any atom is -0.380 e. The van der Waals surface area contributed by atoms with Crippen molar-refractivity contribution in [2.24, 2.45) is 5.73 Å². The number of halogens is 4. The van der Waals surface area contributed by atoms with Crippen molar-refractivity contribution in [2.75, 3.05) is 5.32 Å². The molecule has 3 N–H and O–H groups in total. The third-order valence-corrected chi connectivity index (χ3v) is 3.94. The summed E-state index contributed by atoms with van der Waals surface area (Å²) >= 11 is 3.07. The van der Waals surface area contributed by atoms with Gasteiger partial charge in [-0.15, -0.1) is 0 Å². The molecule has 2 rings (SSSR count). The highest BCUT2D eigenvalue weighted by atomic mass is 79.9. The summed E-state index contributed by atoms with van der Waals surface area (Å²) in [6.07, 6.45) is -0.649. The van der Waals surface area contributed by atoms with Crippen LogP contribution in [0.5, 0.6) is 0 Å². The molecule has 1 aliphatic rings. The highest BCUT2D eigenvalue weighted by Gasteiger charge is 2.34. The van der Waals surface area contributed by atoms with E-state index in [4.69, 9.17) is 5.73 Å². The maximum Gasteiger partial charge on any atom is 0.418 e. The Balaban J connectivity index is 2.24. The number of nitrogens with two attached hydrogens (primary N) is 1. The molecule has 2 unspecified atom stereocenters. The van der Waals surface area contributed by atoms with Gasteiger partial charge < -0.3 is 11.1 Å². The predicted molar refractivity (Wildman–Crippen MR) is 73.0 cm³/mol. The lowest BCUT2D eigenvalue weighted by atomic mass is 9.90. The Labute approximate surface area is 118 Å². The first-order valence-electron chi connectivity index (χ1n) is 6.27. The van der Waals surface area contributed by atoms with E-state index < -0.39 is 11.7 Å². The summed E-state index contributed by atoms with van der Waals surface area (Å²) < 4.78 is 39.4. The molecule has 1 aromatic carbocycles. The number of hydrogen-bond acceptors (Lipinski definition) is 2. The Hall–Kier alpha value is -0.750. The smallest absolute Gasteiger partial charge is 0.380 e. The Morgan fingerprint density at radius 1 is 1.21 bits per heavy atom. The van der Waals surface area contributed by atoms with Crippen LogP contribution in [0.15, 0.2) is 22.7 Å². The van der Waals surface area contributed by atoms with Gasteiger partial charge in [0.15, 0.2) is 0 Å². The second-order valence-electron chi connectivity index (χ2n) is 4.89. The van der Waals surface area contributed by atoms with Crippen LogP contribution in [-0.2, 0) is 6.18 Å². The van der Waals surface area contributed by atoms with Gasteiger partial charge >= 0.3 is 6.18 Å². The average Bonchev–Trinajstić information content (AvgIpc) is 2.33. The van der Waals surface area contributed by atoms with E-state index in [9.17, 15) is 13.2 Å². The lowest BCUT2D eigenvalue weighted by molar-refractivity contribution is -0.137. The monoisotopic (exact) mass is 336 g/mol. The van der Waals surface area contributed by atoms with Crippen LogP contribution in [0.1, 0.15) is 31.2 Å². The van der Waals surface area contributed by atoms with Gasteiger partial charge in [-0.1, -0.05) is 28.8 Å². The molecule has 106 valence electrons. The van der Waals surface area contributed by atoms with E-state index in [-0.39, 0.29) is 17.8 Å². The maximum absolute atomic E-state index is 13.0. The summed E-state index contributed by atoms with van der Waals surface area (Å²) in [6, 6.07) is 3.98. The van der Waals surface area contributed by atoms with Crippen molar-refractivity contribution in [3.8, 4) is 0 Å². The zero-order valence-corrected chi connectivity index (χ0v) is 11.9. The lowest BCUT2D eigenvalue weighted by Crippen LogP contribution is -2.42. The Bertz CT molecular complexity index is 448. The van der Waals surface area contributed by atoms with Crippen molar-refractivity contribution in [1.82, 2.24) is 0 Å². The standard InChI is InChI=1S/C13H16BrF3N2/c14-8-5-6-11(9(7-8)13(15,16)17)19-12-4-2-1-3-10(12)18/h5-7,10,12,19H,1-4,18H2. The fourth-order valence-electron chi connectivity index (χ4n) is 2.42. The molecule has 2 atom stereocenters. The van der Waals surface area contributed by atoms with E-state index in [1.54, 1.807) is 6.07 Å². The second-order valence-corrected chi connectivity index (χ2v) is 5.80. The second kappa shape index (κ2) is 5.71. The molecule has 0 heterocycles. The minimum absolute atomic E-state index is 0.0847. The summed E-state index contributed by atoms with van der Waals surface area (Å²) in [6.45, 7) is 0. The quantitative estimate of drug-likeness (QED) is 0.851. The van der Waals surface area contributed by atoms with E-state index in [0.717, 1.165) is 31.7 Å². The van der Waals surface area contributed by atoms with Gasteiger partial charge in [-0.25, -0.2) is 0 Å². The van der Waals surface area contributed by atoms with Crippen molar-refractivity contribution < 1.29 is 13.2 Å². The number of alkyl halides is 3. The molecule has 6 heteroatoms. The molecule has 1 aliphatic carbocycles. The van der Waals surface area contributed by atoms with Crippen LogP contribution < -0.4 is 11.1 Å². The van der Waals surface area contributed by atoms with E-state index in [1.807, 2.05) is 0 Å². The molecule has 2 nitrogen and oxygen atoms in total. The normalized spacial score (nSPS) is 24.3. The van der Waals surface area contributed by atoms with Gasteiger partial charge in [0.1, 0.15) is 0 Å². The largest absolute Gasteiger partial charge is 0.418 e. The predicted octanol–water partition coefficient (Wildman–Crippen LogP) is 4.15. The molecule has 0 aromatic heterocycles. The minimum atomic E-state index is -4.37. The van der Waals surface area contributed by atoms with Crippen LogP contribution in [0.4, 0.5) is 18.9 Å². The number of rotatable bonds is 2. The SMILES string of the molecule is NC1CCCCC1Nc1ccc(Br)cc1C(F)(F)F. The molecule has 0 saturated heterocycles. The van der Waals surface area contributed by atoms with Crippen LogP contribution in [0.3, 0.4) is 0 Å². The number of hydrogen-bond donors (Lipinski definition) is 2. The molecule has 19 heavy (non-hydrogen) atoms. The zero-order valence-electron chi connectivity index (χ0n) is 10.3. The molecule has 0 amide bonds. The van der Waals surface area contributed by atoms with Crippen molar-refractivity contribution in [2.45, 2.75) is 43.9 Å². The van der Waals surface area contributed by atoms with E-state index in [0.29, 0.717) is 4.47 Å². The van der Waals surface area contributed by atoms with Crippen molar-refractivity contribution in [3.63, 3.8) is 0 Å². The van der Waals surface area contributed by atoms with Crippen LogP contribution in [0, 0.1) is 0 Å². The topological polar surface area (TPSA) is 38.0 Å². The lowest BCUT2D eigenvalue weighted by Gasteiger charge is -2.31. The van der Waals surface area contributed by atoms with Crippen LogP contribution in [-0.4, -0.2) is 12.1 Å². The summed E-state index contributed by atoms with van der Waals surface area (Å²) in [4.78, 5) is 0. The molecule has 1 aromatic rings. The van der Waals surface area contributed by atoms with Crippen molar-refractivity contribution in [1.29, 1.82) is 0 Å². The van der Waals surface area contributed by atoms with Gasteiger partial charge in [-0.2, -0.15) is 13.2 Å². The van der Waals surface area contributed by atoms with E-state index >= 15 is 0 Å². The van der Waals surface area contributed by atoms with E-state index in [2.05, 4.69) is 21.2 Å². The van der Waals surface area contributed by atoms with Crippen molar-refractivity contribution in [3.05, 3.63) is 28.2 Å². The van der Waals surface area contributed by atoms with Gasteiger partial charge in [0.2, 0.25) is 0 Å². The number of anilines is 1. The maximum atomic E-state index is 13.0. The summed E-state index contributed by atoms with van der Waals surface area (Å²) in [7, 11) is 0. The molecular weight excluding hydrogens is 321 g/mol. The number of benzene rings is 1. The van der Waals surface area contributed by atoms with Gasteiger partial charge in [-0.05, 0) is 31.0 Å². The molecular formula is C13H16BrF3N2. The highest BCUT2D eigenvalue weighted by molar-refractivity contribution is 9.10. The first kappa shape index (κ1) is 14.7. The third kappa shape index (κ3) is 3.63. The molecule has 0 spiro atoms. The fourth-order valence-corrected chi connectivity index (χ4v) is 2.78. The van der Waals surface area contributed by atoms with Gasteiger partial charge in [0, 0.05) is 22.2 Å². The Morgan fingerprint density at radius 3 is 2.53 bits per heavy atom. The molecule has 1 saturated carbocycles. The van der Waals surface area contributed by atoms with Gasteiger partial charge in [-0.3, -0.25) is 0 Å². The zero-order chi connectivity index (χ0) is 14.0. The summed E-state index contributed by atoms with van der Waals surface area (Å²) in [5.74, 6) is 0. The Morgan fingerprint density at radius 2 is 1.89 bits per heavy atom. The molecule has 1 fully saturated rings. The van der Waals surface area contributed by atoms with Gasteiger partial charge in [0.25, 0.3) is 0 Å². The fraction of sp³-hybridized carbons (Fsp3) is 0.538. The molecule has 0 aliphatic heterocycles. The molecule has 0 bridgehead atoms. The van der Waals surface area contributed by atoms with E-state index in [1.165, 1.54) is 6.07 Å². The summed E-state index contributed by atoms with van der Waals surface area (Å²) in [5, 5.41) is 2.97. The highest BCUT2D eigenvalue weighted by Crippen LogP contribution is 2.37. The first-order valence-corrected chi connectivity index (χ1v) is 7.06. The molecule has 0 radical (unpaired) electrons. The van der Waals surface area contributed by atoms with Crippen LogP contribution >= 0.6 is 15.9 Å². The first-order chi connectivity index (χ1) is 8.88. The van der Waals surface area contributed by atoms with Crippen molar-refractivity contribution >= 4 is 21.6 Å². The third-order valence-electron chi connectivity index (χ3n) is 3.45. The Kier molecular flexibility index (Phi) is 4.40. The van der Waals surface area contributed by atoms with Crippen LogP contribution in [0.2, 0.25) is 0 Å².